The molecule has 1 aromatic carbocycles. The first-order valence-electron chi connectivity index (χ1n) is 5.78. The molecule has 6 heteroatoms. The van der Waals surface area contributed by atoms with Gasteiger partial charge in [-0.05, 0) is 31.5 Å². The highest BCUT2D eigenvalue weighted by atomic mass is 79.9. The molecular weight excluding hydrogens is 335 g/mol. The summed E-state index contributed by atoms with van der Waals surface area (Å²) in [6, 6.07) is 4.68. The summed E-state index contributed by atoms with van der Waals surface area (Å²) in [6.07, 6.45) is 0. The molecule has 0 aliphatic carbocycles. The quantitative estimate of drug-likeness (QED) is 0.603. The number of esters is 2. The number of hydrogen-bond donors (Lipinski definition) is 0. The molecule has 19 heavy (non-hydrogen) atoms. The second kappa shape index (κ2) is 7.50. The average Bonchev–Trinajstić information content (AvgIpc) is 2.38. The molecular formula is C13H14BrClO4. The number of alkyl halides is 1. The minimum absolute atomic E-state index is 0.247. The molecule has 1 atom stereocenters. The van der Waals surface area contributed by atoms with Gasteiger partial charge in [0.2, 0.25) is 0 Å². The van der Waals surface area contributed by atoms with E-state index in [-0.39, 0.29) is 18.8 Å². The van der Waals surface area contributed by atoms with E-state index in [1.165, 1.54) is 6.07 Å². The van der Waals surface area contributed by atoms with Crippen LogP contribution in [0, 0.1) is 0 Å². The summed E-state index contributed by atoms with van der Waals surface area (Å²) in [6.45, 7) is 3.94. The molecule has 104 valence electrons. The maximum Gasteiger partial charge on any atom is 0.338 e. The van der Waals surface area contributed by atoms with Gasteiger partial charge in [-0.2, -0.15) is 0 Å². The highest BCUT2D eigenvalue weighted by Gasteiger charge is 2.25. The van der Waals surface area contributed by atoms with E-state index in [9.17, 15) is 9.59 Å². The van der Waals surface area contributed by atoms with Crippen LogP contribution < -0.4 is 0 Å². The fourth-order valence-corrected chi connectivity index (χ4v) is 2.18. The largest absolute Gasteiger partial charge is 0.465 e. The maximum atomic E-state index is 11.8. The van der Waals surface area contributed by atoms with Gasteiger partial charge in [0.05, 0.1) is 18.8 Å². The summed E-state index contributed by atoms with van der Waals surface area (Å²) >= 11 is 9.09. The predicted molar refractivity (Wildman–Crippen MR) is 75.7 cm³/mol. The molecule has 0 aliphatic rings. The van der Waals surface area contributed by atoms with E-state index >= 15 is 0 Å². The molecule has 0 heterocycles. The number of rotatable bonds is 5. The van der Waals surface area contributed by atoms with Crippen LogP contribution in [-0.2, 0) is 14.3 Å². The van der Waals surface area contributed by atoms with Crippen molar-refractivity contribution in [3.63, 3.8) is 0 Å². The number of carbonyl (C=O) groups is 2. The van der Waals surface area contributed by atoms with Gasteiger partial charge in [0.15, 0.2) is 0 Å². The monoisotopic (exact) mass is 348 g/mol. The van der Waals surface area contributed by atoms with Crippen molar-refractivity contribution in [2.45, 2.75) is 18.7 Å². The standard InChI is InChI=1S/C13H14BrClO4/c1-3-18-12(16)10-7-8(15)5-6-9(10)11(14)13(17)19-4-2/h5-7,11H,3-4H2,1-2H3. The van der Waals surface area contributed by atoms with Crippen LogP contribution >= 0.6 is 27.5 Å². The van der Waals surface area contributed by atoms with Crippen molar-refractivity contribution in [3.05, 3.63) is 34.3 Å². The highest BCUT2D eigenvalue weighted by molar-refractivity contribution is 9.09. The third-order valence-corrected chi connectivity index (χ3v) is 3.38. The summed E-state index contributed by atoms with van der Waals surface area (Å²) in [5.41, 5.74) is 0.727. The van der Waals surface area contributed by atoms with E-state index in [1.807, 2.05) is 0 Å². The zero-order valence-electron chi connectivity index (χ0n) is 10.6. The molecule has 0 bridgehead atoms. The van der Waals surface area contributed by atoms with Crippen molar-refractivity contribution in [2.24, 2.45) is 0 Å². The van der Waals surface area contributed by atoms with Crippen LogP contribution in [0.3, 0.4) is 0 Å². The minimum Gasteiger partial charge on any atom is -0.465 e. The van der Waals surface area contributed by atoms with Gasteiger partial charge in [0.25, 0.3) is 0 Å². The first-order chi connectivity index (χ1) is 9.01. The Hall–Kier alpha value is -1.07. The Morgan fingerprint density at radius 2 is 1.89 bits per heavy atom. The predicted octanol–water partition coefficient (Wildman–Crippen LogP) is 3.52. The fourth-order valence-electron chi connectivity index (χ4n) is 1.48. The molecule has 0 N–H and O–H groups in total. The first-order valence-corrected chi connectivity index (χ1v) is 7.07. The molecule has 1 rings (SSSR count). The van der Waals surface area contributed by atoms with Gasteiger partial charge in [0.1, 0.15) is 4.83 Å². The molecule has 1 unspecified atom stereocenters. The van der Waals surface area contributed by atoms with Crippen LogP contribution in [-0.4, -0.2) is 25.2 Å². The smallest absolute Gasteiger partial charge is 0.338 e. The molecule has 4 nitrogen and oxygen atoms in total. The van der Waals surface area contributed by atoms with Crippen LogP contribution in [0.4, 0.5) is 0 Å². The van der Waals surface area contributed by atoms with Gasteiger partial charge < -0.3 is 9.47 Å². The summed E-state index contributed by atoms with van der Waals surface area (Å²) in [5, 5.41) is 0.398. The lowest BCUT2D eigenvalue weighted by molar-refractivity contribution is -0.142. The Labute approximate surface area is 125 Å². The minimum atomic E-state index is -0.732. The number of halogens is 2. The van der Waals surface area contributed by atoms with Crippen molar-refractivity contribution in [3.8, 4) is 0 Å². The lowest BCUT2D eigenvalue weighted by Crippen LogP contribution is -2.15. The Morgan fingerprint density at radius 3 is 2.47 bits per heavy atom. The van der Waals surface area contributed by atoms with Crippen LogP contribution in [0.2, 0.25) is 5.02 Å². The van der Waals surface area contributed by atoms with Crippen molar-refractivity contribution in [1.82, 2.24) is 0 Å². The number of ether oxygens (including phenoxy) is 2. The van der Waals surface area contributed by atoms with E-state index in [0.717, 1.165) is 0 Å². The molecule has 0 aromatic heterocycles. The third kappa shape index (κ3) is 4.21. The van der Waals surface area contributed by atoms with E-state index in [2.05, 4.69) is 15.9 Å². The molecule has 1 aromatic rings. The van der Waals surface area contributed by atoms with Gasteiger partial charge in [-0.15, -0.1) is 0 Å². The number of hydrogen-bond acceptors (Lipinski definition) is 4. The van der Waals surface area contributed by atoms with Crippen molar-refractivity contribution in [2.75, 3.05) is 13.2 Å². The number of carbonyl (C=O) groups excluding carboxylic acids is 2. The average molecular weight is 350 g/mol. The Bertz CT molecular complexity index is 476. The van der Waals surface area contributed by atoms with Gasteiger partial charge in [-0.1, -0.05) is 33.6 Å². The molecule has 0 saturated heterocycles. The first kappa shape index (κ1) is 16.0. The topological polar surface area (TPSA) is 52.6 Å². The zero-order valence-corrected chi connectivity index (χ0v) is 13.0. The van der Waals surface area contributed by atoms with Crippen LogP contribution in [0.15, 0.2) is 18.2 Å². The second-order valence-corrected chi connectivity index (χ2v) is 4.92. The maximum absolute atomic E-state index is 11.8. The van der Waals surface area contributed by atoms with Crippen LogP contribution in [0.1, 0.15) is 34.6 Å². The van der Waals surface area contributed by atoms with Gasteiger partial charge in [-0.3, -0.25) is 4.79 Å². The third-order valence-electron chi connectivity index (χ3n) is 2.28. The van der Waals surface area contributed by atoms with Gasteiger partial charge in [0, 0.05) is 5.02 Å². The second-order valence-electron chi connectivity index (χ2n) is 3.57. The fraction of sp³-hybridized carbons (Fsp3) is 0.385. The summed E-state index contributed by atoms with van der Waals surface area (Å²) in [4.78, 5) is 22.8. The van der Waals surface area contributed by atoms with E-state index in [0.29, 0.717) is 10.6 Å². The Kier molecular flexibility index (Phi) is 6.31. The molecule has 0 fully saturated rings. The summed E-state index contributed by atoms with van der Waals surface area (Å²) < 4.78 is 9.86. The van der Waals surface area contributed by atoms with Gasteiger partial charge >= 0.3 is 11.9 Å². The zero-order chi connectivity index (χ0) is 14.4. The van der Waals surface area contributed by atoms with Gasteiger partial charge in [-0.25, -0.2) is 4.79 Å². The molecule has 0 radical (unpaired) electrons. The van der Waals surface area contributed by atoms with E-state index in [1.54, 1.807) is 26.0 Å². The summed E-state index contributed by atoms with van der Waals surface area (Å²) in [5.74, 6) is -0.982. The molecule has 0 saturated carbocycles. The molecule has 0 amide bonds. The van der Waals surface area contributed by atoms with Crippen molar-refractivity contribution < 1.29 is 19.1 Å². The van der Waals surface area contributed by atoms with Crippen LogP contribution in [0.5, 0.6) is 0 Å². The Morgan fingerprint density at radius 1 is 1.26 bits per heavy atom. The highest BCUT2D eigenvalue weighted by Crippen LogP contribution is 2.30. The molecule has 0 aliphatic heterocycles. The van der Waals surface area contributed by atoms with Crippen molar-refractivity contribution in [1.29, 1.82) is 0 Å². The SMILES string of the molecule is CCOC(=O)c1cc(Cl)ccc1C(Br)C(=O)OCC. The normalized spacial score (nSPS) is 11.8. The van der Waals surface area contributed by atoms with Crippen molar-refractivity contribution >= 4 is 39.5 Å². The molecule has 0 spiro atoms. The lowest BCUT2D eigenvalue weighted by atomic mass is 10.0. The van der Waals surface area contributed by atoms with E-state index in [4.69, 9.17) is 21.1 Å². The lowest BCUT2D eigenvalue weighted by Gasteiger charge is -2.13. The van der Waals surface area contributed by atoms with Crippen LogP contribution in [0.25, 0.3) is 0 Å². The number of benzene rings is 1. The van der Waals surface area contributed by atoms with E-state index < -0.39 is 16.8 Å². The Balaban J connectivity index is 3.12. The summed E-state index contributed by atoms with van der Waals surface area (Å²) in [7, 11) is 0.